The predicted octanol–water partition coefficient (Wildman–Crippen LogP) is 3.62. The van der Waals surface area contributed by atoms with Crippen molar-refractivity contribution in [2.75, 3.05) is 13.1 Å². The number of ether oxygens (including phenoxy) is 1. The van der Waals surface area contributed by atoms with Gasteiger partial charge in [0.25, 0.3) is 0 Å². The van der Waals surface area contributed by atoms with Gasteiger partial charge in [0.2, 0.25) is 10.0 Å². The highest BCUT2D eigenvalue weighted by atomic mass is 32.2. The predicted molar refractivity (Wildman–Crippen MR) is 132 cm³/mol. The number of Topliss-reactive ketones (excluding diaryl/α,β-unsaturated/α-hetero) is 1. The Balaban J connectivity index is 1.73. The summed E-state index contributed by atoms with van der Waals surface area (Å²) in [5.41, 5.74) is 1.66. The number of morpholine rings is 1. The van der Waals surface area contributed by atoms with Crippen molar-refractivity contribution in [3.8, 4) is 0 Å². The fourth-order valence-electron chi connectivity index (χ4n) is 3.80. The summed E-state index contributed by atoms with van der Waals surface area (Å²) in [4.78, 5) is 13.0. The highest BCUT2D eigenvalue weighted by molar-refractivity contribution is 7.92. The average molecular weight is 508 g/mol. The normalized spacial score (nSPS) is 20.3. The van der Waals surface area contributed by atoms with Gasteiger partial charge in [0.15, 0.2) is 15.6 Å². The molecule has 0 radical (unpaired) electrons. The number of carbonyl (C=O) groups is 1. The van der Waals surface area contributed by atoms with Crippen molar-refractivity contribution in [2.24, 2.45) is 0 Å². The Kier molecular flexibility index (Phi) is 7.72. The van der Waals surface area contributed by atoms with Crippen LogP contribution >= 0.6 is 0 Å². The molecule has 0 spiro atoms. The molecule has 0 aromatic heterocycles. The van der Waals surface area contributed by atoms with Gasteiger partial charge in [-0.15, -0.1) is 0 Å². The summed E-state index contributed by atoms with van der Waals surface area (Å²) < 4.78 is 57.3. The summed E-state index contributed by atoms with van der Waals surface area (Å²) in [6.07, 6.45) is -0.340. The van der Waals surface area contributed by atoms with Gasteiger partial charge in [-0.05, 0) is 57.9 Å². The first-order valence-corrected chi connectivity index (χ1v) is 14.4. The molecule has 34 heavy (non-hydrogen) atoms. The molecule has 0 bridgehead atoms. The lowest BCUT2D eigenvalue weighted by Gasteiger charge is -2.34. The lowest BCUT2D eigenvalue weighted by molar-refractivity contribution is -0.0440. The number of sulfone groups is 1. The molecule has 0 saturated carbocycles. The first-order valence-electron chi connectivity index (χ1n) is 11.3. The molecule has 0 unspecified atom stereocenters. The van der Waals surface area contributed by atoms with E-state index in [1.807, 2.05) is 13.8 Å². The van der Waals surface area contributed by atoms with Crippen LogP contribution in [-0.4, -0.2) is 57.0 Å². The number of sulfonamides is 1. The Morgan fingerprint density at radius 1 is 0.941 bits per heavy atom. The van der Waals surface area contributed by atoms with Gasteiger partial charge in [0.1, 0.15) is 0 Å². The number of hydrogen-bond donors (Lipinski definition) is 0. The van der Waals surface area contributed by atoms with E-state index < -0.39 is 24.6 Å². The van der Waals surface area contributed by atoms with Gasteiger partial charge < -0.3 is 4.74 Å². The maximum atomic E-state index is 13.1. The van der Waals surface area contributed by atoms with E-state index in [2.05, 4.69) is 0 Å². The number of nitrogens with zero attached hydrogens (tertiary/aromatic N) is 1. The minimum absolute atomic E-state index is 0.0406. The van der Waals surface area contributed by atoms with Crippen molar-refractivity contribution in [1.82, 2.24) is 4.31 Å². The van der Waals surface area contributed by atoms with E-state index in [1.54, 1.807) is 69.3 Å². The van der Waals surface area contributed by atoms with Crippen molar-refractivity contribution in [2.45, 2.75) is 68.6 Å². The van der Waals surface area contributed by atoms with Crippen LogP contribution in [0.25, 0.3) is 0 Å². The monoisotopic (exact) mass is 507 g/mol. The third-order valence-electron chi connectivity index (χ3n) is 5.85. The molecule has 2 aromatic carbocycles. The second-order valence-electron chi connectivity index (χ2n) is 9.90. The topological polar surface area (TPSA) is 97.8 Å². The third kappa shape index (κ3) is 6.13. The van der Waals surface area contributed by atoms with E-state index in [9.17, 15) is 21.6 Å². The molecular weight excluding hydrogens is 474 g/mol. The molecule has 2 aromatic rings. The van der Waals surface area contributed by atoms with Gasteiger partial charge in [-0.3, -0.25) is 4.79 Å². The molecule has 1 saturated heterocycles. The smallest absolute Gasteiger partial charge is 0.243 e. The van der Waals surface area contributed by atoms with E-state index in [-0.39, 0.29) is 48.1 Å². The van der Waals surface area contributed by atoms with Crippen LogP contribution in [0.1, 0.15) is 56.1 Å². The molecular formula is C25H33NO6S2. The van der Waals surface area contributed by atoms with Crippen LogP contribution in [0.3, 0.4) is 0 Å². The van der Waals surface area contributed by atoms with Crippen LogP contribution in [0.2, 0.25) is 0 Å². The second-order valence-corrected chi connectivity index (χ2v) is 14.6. The van der Waals surface area contributed by atoms with Crippen molar-refractivity contribution in [3.63, 3.8) is 0 Å². The van der Waals surface area contributed by atoms with E-state index in [1.165, 1.54) is 4.31 Å². The average Bonchev–Trinajstić information content (AvgIpc) is 2.72. The first-order chi connectivity index (χ1) is 15.7. The van der Waals surface area contributed by atoms with Crippen LogP contribution < -0.4 is 0 Å². The largest absolute Gasteiger partial charge is 0.373 e. The molecule has 1 aliphatic heterocycles. The van der Waals surface area contributed by atoms with Gasteiger partial charge in [-0.25, -0.2) is 16.8 Å². The van der Waals surface area contributed by atoms with Gasteiger partial charge >= 0.3 is 0 Å². The lowest BCUT2D eigenvalue weighted by Crippen LogP contribution is -2.48. The molecule has 1 heterocycles. The molecule has 0 amide bonds. The van der Waals surface area contributed by atoms with Crippen molar-refractivity contribution >= 4 is 25.6 Å². The Hall–Kier alpha value is -2.07. The molecule has 3 rings (SSSR count). The summed E-state index contributed by atoms with van der Waals surface area (Å²) in [6, 6.07) is 13.0. The Morgan fingerprint density at radius 3 is 2.09 bits per heavy atom. The summed E-state index contributed by atoms with van der Waals surface area (Å²) in [5, 5.41) is 0. The van der Waals surface area contributed by atoms with Crippen LogP contribution in [-0.2, 0) is 36.8 Å². The molecule has 7 nitrogen and oxygen atoms in total. The van der Waals surface area contributed by atoms with Crippen molar-refractivity contribution in [3.05, 3.63) is 65.2 Å². The SMILES string of the molecule is C[C@@H]1CN(S(=O)(=O)c2cccc(CC(=O)c3ccc(CS(=O)(=O)C(C)(C)C)cc3)c2)C[C@H](C)O1. The summed E-state index contributed by atoms with van der Waals surface area (Å²) >= 11 is 0. The highest BCUT2D eigenvalue weighted by Crippen LogP contribution is 2.23. The van der Waals surface area contributed by atoms with Crippen LogP contribution in [0.15, 0.2) is 53.4 Å². The molecule has 1 aliphatic rings. The summed E-state index contributed by atoms with van der Waals surface area (Å²) in [7, 11) is -7.02. The summed E-state index contributed by atoms with van der Waals surface area (Å²) in [6.45, 7) is 9.24. The van der Waals surface area contributed by atoms with Gasteiger partial charge in [-0.2, -0.15) is 4.31 Å². The number of hydrogen-bond acceptors (Lipinski definition) is 6. The second kappa shape index (κ2) is 9.89. The van der Waals surface area contributed by atoms with Crippen molar-refractivity contribution in [1.29, 1.82) is 0 Å². The highest BCUT2D eigenvalue weighted by Gasteiger charge is 2.32. The van der Waals surface area contributed by atoms with Crippen molar-refractivity contribution < 1.29 is 26.4 Å². The Labute approximate surface area is 203 Å². The Morgan fingerprint density at radius 2 is 1.53 bits per heavy atom. The lowest BCUT2D eigenvalue weighted by atomic mass is 10.0. The van der Waals surface area contributed by atoms with E-state index in [0.29, 0.717) is 16.7 Å². The standard InChI is InChI=1S/C25H33NO6S2/c1-18-15-26(16-19(2)32-18)34(30,31)23-8-6-7-21(13-23)14-24(27)22-11-9-20(10-12-22)17-33(28,29)25(3,4)5/h6-13,18-19H,14-17H2,1-5H3/t18-,19+. The number of rotatable bonds is 7. The van der Waals surface area contributed by atoms with Gasteiger partial charge in [-0.1, -0.05) is 36.4 Å². The van der Waals surface area contributed by atoms with E-state index in [0.717, 1.165) is 0 Å². The third-order valence-corrected chi connectivity index (χ3v) is 10.3. The van der Waals surface area contributed by atoms with Gasteiger partial charge in [0, 0.05) is 25.1 Å². The quantitative estimate of drug-likeness (QED) is 0.531. The molecule has 9 heteroatoms. The van der Waals surface area contributed by atoms with E-state index in [4.69, 9.17) is 4.74 Å². The zero-order valence-corrected chi connectivity index (χ0v) is 21.9. The molecule has 0 aliphatic carbocycles. The number of benzene rings is 2. The molecule has 1 fully saturated rings. The van der Waals surface area contributed by atoms with Crippen LogP contribution in [0.4, 0.5) is 0 Å². The van der Waals surface area contributed by atoms with E-state index >= 15 is 0 Å². The minimum atomic E-state index is -3.70. The molecule has 0 N–H and O–H groups in total. The van der Waals surface area contributed by atoms with Gasteiger partial charge in [0.05, 0.1) is 27.6 Å². The summed E-state index contributed by atoms with van der Waals surface area (Å²) in [5.74, 6) is -0.266. The molecule has 186 valence electrons. The fourth-order valence-corrected chi connectivity index (χ4v) is 6.53. The van der Waals surface area contributed by atoms with Crippen LogP contribution in [0.5, 0.6) is 0 Å². The molecule has 2 atom stereocenters. The first kappa shape index (κ1) is 26.5. The minimum Gasteiger partial charge on any atom is -0.373 e. The maximum Gasteiger partial charge on any atom is 0.243 e. The maximum absolute atomic E-state index is 13.1. The Bertz CT molecular complexity index is 1240. The fraction of sp³-hybridized carbons (Fsp3) is 0.480. The number of carbonyl (C=O) groups excluding carboxylic acids is 1. The zero-order valence-electron chi connectivity index (χ0n) is 20.3. The van der Waals surface area contributed by atoms with Crippen LogP contribution in [0, 0.1) is 0 Å². The number of ketones is 1. The zero-order chi connectivity index (χ0) is 25.3.